The van der Waals surface area contributed by atoms with Crippen molar-refractivity contribution in [1.82, 2.24) is 4.90 Å². The third-order valence-corrected chi connectivity index (χ3v) is 4.33. The normalized spacial score (nSPS) is 17.7. The molecule has 0 aromatic heterocycles. The number of likely N-dealkylation sites (tertiary alicyclic amines) is 1. The molecule has 5 nitrogen and oxygen atoms in total. The fourth-order valence-electron chi connectivity index (χ4n) is 2.84. The number of hydrogen-bond donors (Lipinski definition) is 1. The van der Waals surface area contributed by atoms with E-state index in [9.17, 15) is 9.59 Å². The number of ether oxygens (including phenoxy) is 1. The molecule has 0 unspecified atom stereocenters. The van der Waals surface area contributed by atoms with Gasteiger partial charge in [-0.05, 0) is 51.3 Å². The number of carboxylic acid groups (broad SMARTS) is 1. The summed E-state index contributed by atoms with van der Waals surface area (Å²) >= 11 is 5.94. The molecule has 1 aromatic carbocycles. The predicted molar refractivity (Wildman–Crippen MR) is 87.8 cm³/mol. The highest BCUT2D eigenvalue weighted by Crippen LogP contribution is 2.38. The minimum Gasteiger partial charge on any atom is -0.465 e. The standard InChI is InChI=1S/C17H22ClNO4/c1-16(2,3)23-14(20)17(12-4-6-13(18)7-5-12)8-10-19(11-9-17)15(21)22/h4-7H,8-11H2,1-3H3,(H,21,22). The SMILES string of the molecule is CC(C)(C)OC(=O)C1(c2ccc(Cl)cc2)CCN(C(=O)O)CC1. The molecule has 0 spiro atoms. The Morgan fingerprint density at radius 2 is 1.70 bits per heavy atom. The second-order valence-electron chi connectivity index (χ2n) is 6.86. The van der Waals surface area contributed by atoms with Crippen LogP contribution in [-0.4, -0.2) is 40.8 Å². The Kier molecular flexibility index (Phi) is 4.90. The Morgan fingerprint density at radius 1 is 1.17 bits per heavy atom. The van der Waals surface area contributed by atoms with E-state index in [1.54, 1.807) is 12.1 Å². The van der Waals surface area contributed by atoms with Crippen LogP contribution in [0.5, 0.6) is 0 Å². The average molecular weight is 340 g/mol. The first kappa shape index (κ1) is 17.6. The number of nitrogens with zero attached hydrogens (tertiary/aromatic N) is 1. The molecule has 0 saturated carbocycles. The molecule has 6 heteroatoms. The molecule has 0 radical (unpaired) electrons. The van der Waals surface area contributed by atoms with Crippen molar-refractivity contribution in [2.24, 2.45) is 0 Å². The molecule has 1 heterocycles. The molecule has 2 rings (SSSR count). The molecule has 0 bridgehead atoms. The highest BCUT2D eigenvalue weighted by atomic mass is 35.5. The second kappa shape index (κ2) is 6.40. The maximum absolute atomic E-state index is 12.9. The number of carbonyl (C=O) groups excluding carboxylic acids is 1. The molecule has 1 N–H and O–H groups in total. The number of piperidine rings is 1. The number of carbonyl (C=O) groups is 2. The Bertz CT molecular complexity index is 584. The van der Waals surface area contributed by atoms with Gasteiger partial charge in [0.15, 0.2) is 0 Å². The van der Waals surface area contributed by atoms with E-state index in [0.29, 0.717) is 31.0 Å². The quantitative estimate of drug-likeness (QED) is 0.834. The first-order valence-electron chi connectivity index (χ1n) is 7.61. The van der Waals surface area contributed by atoms with Gasteiger partial charge >= 0.3 is 12.1 Å². The lowest BCUT2D eigenvalue weighted by atomic mass is 9.72. The van der Waals surface area contributed by atoms with Crippen molar-refractivity contribution >= 4 is 23.7 Å². The van der Waals surface area contributed by atoms with E-state index in [4.69, 9.17) is 21.4 Å². The molecular weight excluding hydrogens is 318 g/mol. The van der Waals surface area contributed by atoms with Crippen LogP contribution >= 0.6 is 11.6 Å². The lowest BCUT2D eigenvalue weighted by molar-refractivity contribution is -0.164. The fraction of sp³-hybridized carbons (Fsp3) is 0.529. The van der Waals surface area contributed by atoms with Gasteiger partial charge in [0.05, 0.1) is 5.41 Å². The highest BCUT2D eigenvalue weighted by molar-refractivity contribution is 6.30. The molecule has 1 saturated heterocycles. The van der Waals surface area contributed by atoms with Gasteiger partial charge in [0.1, 0.15) is 5.60 Å². The van der Waals surface area contributed by atoms with Gasteiger partial charge in [-0.1, -0.05) is 23.7 Å². The monoisotopic (exact) mass is 339 g/mol. The summed E-state index contributed by atoms with van der Waals surface area (Å²) in [7, 11) is 0. The molecule has 0 aliphatic carbocycles. The van der Waals surface area contributed by atoms with Gasteiger partial charge in [-0.2, -0.15) is 0 Å². The Hall–Kier alpha value is -1.75. The van der Waals surface area contributed by atoms with Crippen molar-refractivity contribution in [3.05, 3.63) is 34.9 Å². The van der Waals surface area contributed by atoms with Crippen LogP contribution in [0.3, 0.4) is 0 Å². The van der Waals surface area contributed by atoms with Crippen molar-refractivity contribution in [3.63, 3.8) is 0 Å². The van der Waals surface area contributed by atoms with Crippen molar-refractivity contribution in [2.45, 2.75) is 44.6 Å². The number of benzene rings is 1. The summed E-state index contributed by atoms with van der Waals surface area (Å²) in [6, 6.07) is 7.13. The number of esters is 1. The van der Waals surface area contributed by atoms with E-state index in [-0.39, 0.29) is 5.97 Å². The third-order valence-electron chi connectivity index (χ3n) is 4.07. The number of amides is 1. The minimum absolute atomic E-state index is 0.303. The van der Waals surface area contributed by atoms with Crippen LogP contribution < -0.4 is 0 Å². The van der Waals surface area contributed by atoms with Crippen LogP contribution in [0.4, 0.5) is 4.79 Å². The summed E-state index contributed by atoms with van der Waals surface area (Å²) in [4.78, 5) is 25.3. The lowest BCUT2D eigenvalue weighted by Gasteiger charge is -2.40. The Labute approximate surface area is 141 Å². The zero-order valence-electron chi connectivity index (χ0n) is 13.6. The van der Waals surface area contributed by atoms with Gasteiger partial charge in [0.25, 0.3) is 0 Å². The van der Waals surface area contributed by atoms with Crippen LogP contribution in [0.2, 0.25) is 5.02 Å². The third kappa shape index (κ3) is 3.96. The van der Waals surface area contributed by atoms with Gasteiger partial charge in [0, 0.05) is 18.1 Å². The molecule has 1 aliphatic rings. The largest absolute Gasteiger partial charge is 0.465 e. The Morgan fingerprint density at radius 3 is 2.13 bits per heavy atom. The van der Waals surface area contributed by atoms with Crippen molar-refractivity contribution in [1.29, 1.82) is 0 Å². The lowest BCUT2D eigenvalue weighted by Crippen LogP contribution is -2.50. The summed E-state index contributed by atoms with van der Waals surface area (Å²) in [5.41, 5.74) is -0.606. The maximum Gasteiger partial charge on any atom is 0.407 e. The highest BCUT2D eigenvalue weighted by Gasteiger charge is 2.46. The van der Waals surface area contributed by atoms with Crippen molar-refractivity contribution in [2.75, 3.05) is 13.1 Å². The summed E-state index contributed by atoms with van der Waals surface area (Å²) in [5.74, 6) is -0.308. The van der Waals surface area contributed by atoms with Crippen LogP contribution in [0, 0.1) is 0 Å². The molecule has 1 aromatic rings. The van der Waals surface area contributed by atoms with E-state index >= 15 is 0 Å². The van der Waals surface area contributed by atoms with Crippen LogP contribution in [0.25, 0.3) is 0 Å². The van der Waals surface area contributed by atoms with Gasteiger partial charge in [-0.25, -0.2) is 4.79 Å². The van der Waals surface area contributed by atoms with Crippen molar-refractivity contribution < 1.29 is 19.4 Å². The topological polar surface area (TPSA) is 66.8 Å². The number of halogens is 1. The maximum atomic E-state index is 12.9. The fourth-order valence-corrected chi connectivity index (χ4v) is 2.96. The van der Waals surface area contributed by atoms with Crippen LogP contribution in [0.1, 0.15) is 39.2 Å². The van der Waals surface area contributed by atoms with E-state index in [1.165, 1.54) is 4.90 Å². The molecule has 126 valence electrons. The zero-order chi connectivity index (χ0) is 17.3. The first-order chi connectivity index (χ1) is 10.6. The van der Waals surface area contributed by atoms with E-state index < -0.39 is 17.1 Å². The van der Waals surface area contributed by atoms with Crippen LogP contribution in [-0.2, 0) is 14.9 Å². The van der Waals surface area contributed by atoms with Gasteiger partial charge in [0.2, 0.25) is 0 Å². The van der Waals surface area contributed by atoms with Crippen LogP contribution in [0.15, 0.2) is 24.3 Å². The molecule has 1 amide bonds. The summed E-state index contributed by atoms with van der Waals surface area (Å²) in [6.07, 6.45) is -0.162. The average Bonchev–Trinajstić information content (AvgIpc) is 2.46. The minimum atomic E-state index is -0.959. The number of hydrogen-bond acceptors (Lipinski definition) is 3. The zero-order valence-corrected chi connectivity index (χ0v) is 14.4. The molecule has 23 heavy (non-hydrogen) atoms. The number of rotatable bonds is 2. The summed E-state index contributed by atoms with van der Waals surface area (Å²) in [5, 5.41) is 9.73. The Balaban J connectivity index is 2.34. The summed E-state index contributed by atoms with van der Waals surface area (Å²) in [6.45, 7) is 6.08. The van der Waals surface area contributed by atoms with E-state index in [1.807, 2.05) is 32.9 Å². The van der Waals surface area contributed by atoms with Gasteiger partial charge in [-0.15, -0.1) is 0 Å². The summed E-state index contributed by atoms with van der Waals surface area (Å²) < 4.78 is 5.62. The van der Waals surface area contributed by atoms with Gasteiger partial charge in [-0.3, -0.25) is 4.79 Å². The predicted octanol–water partition coefficient (Wildman–Crippen LogP) is 3.69. The molecular formula is C17H22ClNO4. The molecule has 0 atom stereocenters. The van der Waals surface area contributed by atoms with Gasteiger partial charge < -0.3 is 14.7 Å². The molecule has 1 aliphatic heterocycles. The van der Waals surface area contributed by atoms with E-state index in [0.717, 1.165) is 5.56 Å². The first-order valence-corrected chi connectivity index (χ1v) is 7.99. The van der Waals surface area contributed by atoms with E-state index in [2.05, 4.69) is 0 Å². The molecule has 1 fully saturated rings. The van der Waals surface area contributed by atoms with Crippen molar-refractivity contribution in [3.8, 4) is 0 Å². The second-order valence-corrected chi connectivity index (χ2v) is 7.30. The smallest absolute Gasteiger partial charge is 0.407 e.